The molecule has 3 amide bonds. The number of aromatic nitrogens is 1. The van der Waals surface area contributed by atoms with Crippen LogP contribution in [0.5, 0.6) is 5.75 Å². The standard InChI is InChI=1S/C29H40N6O5/c1-6-12-35-17(4)40-25(26(35)30)21(14-18-10-11-31-27(18)36)33-28(37)22(13-16(2)3)34-29(38)23-15-19-20(32-23)8-7-9-24(19)39-5/h7-9,15-16,18,21-22,25,30,32H,4,6,10-14H2,1-3,5H3,(H,31,36)(H,33,37)(H,34,38)/t18-,21-,22-,25?/m0/s1. The van der Waals surface area contributed by atoms with E-state index in [1.807, 2.05) is 39.0 Å². The Balaban J connectivity index is 1.55. The summed E-state index contributed by atoms with van der Waals surface area (Å²) in [5, 5.41) is 18.3. The van der Waals surface area contributed by atoms with Gasteiger partial charge in [0.05, 0.1) is 13.2 Å². The molecule has 2 aliphatic heterocycles. The van der Waals surface area contributed by atoms with Crippen LogP contribution >= 0.6 is 0 Å². The molecule has 1 aromatic heterocycles. The van der Waals surface area contributed by atoms with Crippen LogP contribution in [0.4, 0.5) is 0 Å². The predicted octanol–water partition coefficient (Wildman–Crippen LogP) is 2.89. The quantitative estimate of drug-likeness (QED) is 0.273. The molecule has 40 heavy (non-hydrogen) atoms. The summed E-state index contributed by atoms with van der Waals surface area (Å²) >= 11 is 0. The number of carbonyl (C=O) groups excluding carboxylic acids is 3. The SMILES string of the molecule is C=C1OC([C@H](C[C@@H]2CCNC2=O)NC(=O)[C@H](CC(C)C)NC(=O)c2cc3c(OC)cccc3[nH]2)C(=N)N1CCC. The van der Waals surface area contributed by atoms with Crippen LogP contribution in [0.25, 0.3) is 10.9 Å². The summed E-state index contributed by atoms with van der Waals surface area (Å²) in [6.45, 7) is 11.0. The molecular formula is C29H40N6O5. The van der Waals surface area contributed by atoms with E-state index in [0.717, 1.165) is 17.3 Å². The lowest BCUT2D eigenvalue weighted by molar-refractivity contribution is -0.126. The molecule has 2 aliphatic rings. The summed E-state index contributed by atoms with van der Waals surface area (Å²) in [4.78, 5) is 44.2. The van der Waals surface area contributed by atoms with Crippen LogP contribution < -0.4 is 20.7 Å². The number of rotatable bonds is 12. The van der Waals surface area contributed by atoms with E-state index in [1.165, 1.54) is 0 Å². The van der Waals surface area contributed by atoms with Gasteiger partial charge in [-0.1, -0.05) is 26.8 Å². The van der Waals surface area contributed by atoms with Crippen LogP contribution in [0.3, 0.4) is 0 Å². The molecule has 2 fully saturated rings. The van der Waals surface area contributed by atoms with Crippen molar-refractivity contribution in [3.63, 3.8) is 0 Å². The predicted molar refractivity (Wildman–Crippen MR) is 152 cm³/mol. The molecule has 0 radical (unpaired) electrons. The molecule has 1 aromatic carbocycles. The fourth-order valence-corrected chi connectivity index (χ4v) is 5.38. The Morgan fingerprint density at radius 1 is 1.30 bits per heavy atom. The second-order valence-corrected chi connectivity index (χ2v) is 10.9. The molecule has 3 heterocycles. The first-order valence-electron chi connectivity index (χ1n) is 13.9. The molecule has 216 valence electrons. The summed E-state index contributed by atoms with van der Waals surface area (Å²) in [6.07, 6.45) is 1.35. The Bertz CT molecular complexity index is 1290. The van der Waals surface area contributed by atoms with Gasteiger partial charge < -0.3 is 30.4 Å². The largest absolute Gasteiger partial charge is 0.496 e. The van der Waals surface area contributed by atoms with Crippen molar-refractivity contribution >= 4 is 34.5 Å². The Kier molecular flexibility index (Phi) is 9.01. The maximum atomic E-state index is 13.7. The third-order valence-electron chi connectivity index (χ3n) is 7.38. The van der Waals surface area contributed by atoms with Crippen LogP contribution in [0.2, 0.25) is 0 Å². The molecule has 11 nitrogen and oxygen atoms in total. The fourth-order valence-electron chi connectivity index (χ4n) is 5.38. The molecular weight excluding hydrogens is 512 g/mol. The zero-order valence-corrected chi connectivity index (χ0v) is 23.6. The number of ether oxygens (including phenoxy) is 2. The van der Waals surface area contributed by atoms with E-state index < -0.39 is 30.0 Å². The molecule has 0 bridgehead atoms. The number of nitrogens with one attached hydrogen (secondary N) is 5. The first-order chi connectivity index (χ1) is 19.1. The summed E-state index contributed by atoms with van der Waals surface area (Å²) in [7, 11) is 1.57. The first-order valence-corrected chi connectivity index (χ1v) is 13.9. The van der Waals surface area contributed by atoms with Crippen LogP contribution in [0.15, 0.2) is 36.7 Å². The number of aromatic amines is 1. The molecule has 11 heteroatoms. The zero-order valence-electron chi connectivity index (χ0n) is 23.6. The summed E-state index contributed by atoms with van der Waals surface area (Å²) in [5.41, 5.74) is 1.06. The van der Waals surface area contributed by atoms with Gasteiger partial charge in [0, 0.05) is 29.9 Å². The van der Waals surface area contributed by atoms with Crippen molar-refractivity contribution in [1.82, 2.24) is 25.8 Å². The highest BCUT2D eigenvalue weighted by Gasteiger charge is 2.42. The number of benzene rings is 1. The third kappa shape index (κ3) is 6.24. The van der Waals surface area contributed by atoms with Crippen molar-refractivity contribution in [3.05, 3.63) is 42.4 Å². The van der Waals surface area contributed by atoms with Gasteiger partial charge in [0.15, 0.2) is 12.0 Å². The first kappa shape index (κ1) is 29.0. The van der Waals surface area contributed by atoms with E-state index in [2.05, 4.69) is 27.5 Å². The average molecular weight is 553 g/mol. The van der Waals surface area contributed by atoms with Crippen molar-refractivity contribution in [2.45, 2.75) is 64.6 Å². The lowest BCUT2D eigenvalue weighted by Crippen LogP contribution is -2.55. The molecule has 0 spiro atoms. The number of amides is 3. The average Bonchev–Trinajstić information content (AvgIpc) is 3.61. The van der Waals surface area contributed by atoms with Crippen LogP contribution in [0.1, 0.15) is 56.9 Å². The maximum absolute atomic E-state index is 13.7. The van der Waals surface area contributed by atoms with Crippen molar-refractivity contribution in [2.75, 3.05) is 20.2 Å². The smallest absolute Gasteiger partial charge is 0.268 e. The highest BCUT2D eigenvalue weighted by atomic mass is 16.5. The van der Waals surface area contributed by atoms with E-state index >= 15 is 0 Å². The Morgan fingerprint density at radius 3 is 2.73 bits per heavy atom. The van der Waals surface area contributed by atoms with Gasteiger partial charge in [-0.25, -0.2) is 0 Å². The summed E-state index contributed by atoms with van der Waals surface area (Å²) < 4.78 is 11.4. The highest BCUT2D eigenvalue weighted by molar-refractivity contribution is 6.01. The molecule has 0 saturated carbocycles. The number of hydrogen-bond acceptors (Lipinski definition) is 6. The van der Waals surface area contributed by atoms with Gasteiger partial charge in [-0.15, -0.1) is 0 Å². The summed E-state index contributed by atoms with van der Waals surface area (Å²) in [6, 6.07) is 5.71. The van der Waals surface area contributed by atoms with Crippen molar-refractivity contribution in [2.24, 2.45) is 11.8 Å². The number of hydrogen-bond donors (Lipinski definition) is 5. The molecule has 4 atom stereocenters. The normalized spacial score (nSPS) is 20.4. The molecule has 5 N–H and O–H groups in total. The minimum Gasteiger partial charge on any atom is -0.496 e. The van der Waals surface area contributed by atoms with Gasteiger partial charge in [0.1, 0.15) is 23.3 Å². The molecule has 4 rings (SSSR count). The van der Waals surface area contributed by atoms with Crippen LogP contribution in [-0.4, -0.2) is 71.8 Å². The van der Waals surface area contributed by atoms with Crippen molar-refractivity contribution in [3.8, 4) is 5.75 Å². The molecule has 0 aliphatic carbocycles. The Morgan fingerprint density at radius 2 is 2.08 bits per heavy atom. The fraction of sp³-hybridized carbons (Fsp3) is 0.517. The van der Waals surface area contributed by atoms with Crippen LogP contribution in [-0.2, 0) is 14.3 Å². The maximum Gasteiger partial charge on any atom is 0.268 e. The zero-order chi connectivity index (χ0) is 29.0. The van der Waals surface area contributed by atoms with Gasteiger partial charge >= 0.3 is 0 Å². The van der Waals surface area contributed by atoms with Gasteiger partial charge in [-0.2, -0.15) is 0 Å². The van der Waals surface area contributed by atoms with E-state index in [0.29, 0.717) is 49.7 Å². The van der Waals surface area contributed by atoms with Gasteiger partial charge in [-0.05, 0) is 56.4 Å². The second-order valence-electron chi connectivity index (χ2n) is 10.9. The van der Waals surface area contributed by atoms with Crippen molar-refractivity contribution in [1.29, 1.82) is 5.41 Å². The minimum atomic E-state index is -0.841. The number of nitrogens with zero attached hydrogens (tertiary/aromatic N) is 1. The summed E-state index contributed by atoms with van der Waals surface area (Å²) in [5.74, 6) is 0.108. The lowest BCUT2D eigenvalue weighted by atomic mass is 9.93. The van der Waals surface area contributed by atoms with E-state index in [-0.39, 0.29) is 23.6 Å². The lowest BCUT2D eigenvalue weighted by Gasteiger charge is -2.28. The van der Waals surface area contributed by atoms with Crippen molar-refractivity contribution < 1.29 is 23.9 Å². The van der Waals surface area contributed by atoms with Gasteiger partial charge in [0.2, 0.25) is 11.8 Å². The van der Waals surface area contributed by atoms with E-state index in [4.69, 9.17) is 14.9 Å². The highest BCUT2D eigenvalue weighted by Crippen LogP contribution is 2.28. The van der Waals surface area contributed by atoms with E-state index in [9.17, 15) is 14.4 Å². The number of H-pyrrole nitrogens is 1. The second kappa shape index (κ2) is 12.4. The minimum absolute atomic E-state index is 0.0747. The number of fused-ring (bicyclic) bond motifs is 1. The van der Waals surface area contributed by atoms with Crippen LogP contribution in [0, 0.1) is 17.2 Å². The Labute approximate surface area is 234 Å². The number of methoxy groups -OCH3 is 1. The Hall–Kier alpha value is -4.02. The van der Waals surface area contributed by atoms with Gasteiger partial charge in [-0.3, -0.25) is 24.7 Å². The topological polar surface area (TPSA) is 149 Å². The van der Waals surface area contributed by atoms with Gasteiger partial charge in [0.25, 0.3) is 5.91 Å². The number of carbonyl (C=O) groups is 3. The molecule has 1 unspecified atom stereocenters. The number of amidine groups is 1. The monoisotopic (exact) mass is 552 g/mol. The molecule has 2 saturated heterocycles. The van der Waals surface area contributed by atoms with E-state index in [1.54, 1.807) is 18.1 Å². The molecule has 2 aromatic rings. The third-order valence-corrected chi connectivity index (χ3v) is 7.38.